The molecular weight excluding hydrogens is 338 g/mol. The summed E-state index contributed by atoms with van der Waals surface area (Å²) in [4.78, 5) is 49.4. The van der Waals surface area contributed by atoms with Gasteiger partial charge >= 0.3 is 5.97 Å². The van der Waals surface area contributed by atoms with Crippen LogP contribution in [0.15, 0.2) is 12.7 Å². The Morgan fingerprint density at radius 3 is 2.50 bits per heavy atom. The zero-order valence-electron chi connectivity index (χ0n) is 15.7. The van der Waals surface area contributed by atoms with Crippen LogP contribution in [0.4, 0.5) is 0 Å². The van der Waals surface area contributed by atoms with Crippen molar-refractivity contribution in [1.82, 2.24) is 10.2 Å². The highest BCUT2D eigenvalue weighted by atomic mass is 16.6. The lowest BCUT2D eigenvalue weighted by molar-refractivity contribution is -0.156. The lowest BCUT2D eigenvalue weighted by Gasteiger charge is -2.26. The number of amides is 3. The van der Waals surface area contributed by atoms with Crippen LogP contribution >= 0.6 is 0 Å². The number of carbonyl (C=O) groups is 4. The van der Waals surface area contributed by atoms with Gasteiger partial charge in [-0.15, -0.1) is 6.58 Å². The van der Waals surface area contributed by atoms with Crippen molar-refractivity contribution in [3.05, 3.63) is 12.7 Å². The fourth-order valence-electron chi connectivity index (χ4n) is 2.76. The van der Waals surface area contributed by atoms with E-state index >= 15 is 0 Å². The SMILES string of the molecule is C=CCC(NC(=O)C1CCCN1C(=O)CCC(=O)OC(C)(C)C)C(N)=O. The van der Waals surface area contributed by atoms with Gasteiger partial charge in [0.2, 0.25) is 17.7 Å². The van der Waals surface area contributed by atoms with Crippen molar-refractivity contribution in [2.45, 2.75) is 70.6 Å². The van der Waals surface area contributed by atoms with E-state index in [9.17, 15) is 19.2 Å². The normalized spacial score (nSPS) is 18.1. The molecule has 1 fully saturated rings. The maximum atomic E-state index is 12.4. The lowest BCUT2D eigenvalue weighted by atomic mass is 10.1. The fourth-order valence-corrected chi connectivity index (χ4v) is 2.76. The summed E-state index contributed by atoms with van der Waals surface area (Å²) in [5.41, 5.74) is 4.66. The summed E-state index contributed by atoms with van der Waals surface area (Å²) < 4.78 is 5.18. The van der Waals surface area contributed by atoms with Gasteiger partial charge in [0.05, 0.1) is 6.42 Å². The average molecular weight is 367 g/mol. The Hall–Kier alpha value is -2.38. The highest BCUT2D eigenvalue weighted by Crippen LogP contribution is 2.20. The molecule has 146 valence electrons. The molecule has 0 aromatic heterocycles. The zero-order chi connectivity index (χ0) is 19.9. The second-order valence-electron chi connectivity index (χ2n) is 7.32. The van der Waals surface area contributed by atoms with Gasteiger partial charge in [-0.1, -0.05) is 6.08 Å². The molecule has 8 nitrogen and oxygen atoms in total. The van der Waals surface area contributed by atoms with Crippen LogP contribution < -0.4 is 11.1 Å². The number of rotatable bonds is 8. The van der Waals surface area contributed by atoms with Crippen LogP contribution in [-0.2, 0) is 23.9 Å². The predicted molar refractivity (Wildman–Crippen MR) is 95.8 cm³/mol. The molecular formula is C18H29N3O5. The highest BCUT2D eigenvalue weighted by molar-refractivity contribution is 5.92. The van der Waals surface area contributed by atoms with E-state index in [2.05, 4.69) is 11.9 Å². The smallest absolute Gasteiger partial charge is 0.306 e. The van der Waals surface area contributed by atoms with Gasteiger partial charge in [0.15, 0.2) is 0 Å². The van der Waals surface area contributed by atoms with Gasteiger partial charge in [-0.25, -0.2) is 0 Å². The number of nitrogens with two attached hydrogens (primary N) is 1. The Kier molecular flexibility index (Phi) is 7.79. The highest BCUT2D eigenvalue weighted by Gasteiger charge is 2.35. The Labute approximate surface area is 154 Å². The first-order valence-corrected chi connectivity index (χ1v) is 8.77. The molecule has 1 aliphatic rings. The predicted octanol–water partition coefficient (Wildman–Crippen LogP) is 0.646. The van der Waals surface area contributed by atoms with Crippen LogP contribution in [0.5, 0.6) is 0 Å². The van der Waals surface area contributed by atoms with Crippen molar-refractivity contribution in [1.29, 1.82) is 0 Å². The molecule has 0 aliphatic carbocycles. The number of esters is 1. The minimum Gasteiger partial charge on any atom is -0.460 e. The Morgan fingerprint density at radius 2 is 1.96 bits per heavy atom. The molecule has 8 heteroatoms. The quantitative estimate of drug-likeness (QED) is 0.482. The van der Waals surface area contributed by atoms with Crippen molar-refractivity contribution in [2.75, 3.05) is 6.54 Å². The van der Waals surface area contributed by atoms with Gasteiger partial charge in [-0.05, 0) is 40.0 Å². The zero-order valence-corrected chi connectivity index (χ0v) is 15.7. The summed E-state index contributed by atoms with van der Waals surface area (Å²) in [6, 6.07) is -1.51. The summed E-state index contributed by atoms with van der Waals surface area (Å²) >= 11 is 0. The third-order valence-corrected chi connectivity index (χ3v) is 3.90. The number of ether oxygens (including phenoxy) is 1. The summed E-state index contributed by atoms with van der Waals surface area (Å²) in [5.74, 6) is -1.81. The van der Waals surface area contributed by atoms with Crippen LogP contribution in [0.25, 0.3) is 0 Å². The summed E-state index contributed by atoms with van der Waals surface area (Å²) in [6.45, 7) is 9.24. The van der Waals surface area contributed by atoms with Gasteiger partial charge in [-0.2, -0.15) is 0 Å². The third kappa shape index (κ3) is 6.85. The molecule has 1 rings (SSSR count). The van der Waals surface area contributed by atoms with Crippen molar-refractivity contribution >= 4 is 23.7 Å². The minimum absolute atomic E-state index is 0.0232. The van der Waals surface area contributed by atoms with Gasteiger partial charge < -0.3 is 20.7 Å². The van der Waals surface area contributed by atoms with Gasteiger partial charge in [-0.3, -0.25) is 19.2 Å². The molecule has 0 aromatic rings. The number of carbonyl (C=O) groups excluding carboxylic acids is 4. The molecule has 1 saturated heterocycles. The number of primary amides is 1. The van der Waals surface area contributed by atoms with Crippen molar-refractivity contribution in [2.24, 2.45) is 5.73 Å². The molecule has 2 unspecified atom stereocenters. The standard InChI is InChI=1S/C18H29N3O5/c1-5-7-12(16(19)24)20-17(25)13-8-6-11-21(13)14(22)9-10-15(23)26-18(2,3)4/h5,12-13H,1,6-11H2,2-4H3,(H2,19,24)(H,20,25). The van der Waals surface area contributed by atoms with Crippen LogP contribution in [0.3, 0.4) is 0 Å². The topological polar surface area (TPSA) is 119 Å². The first-order valence-electron chi connectivity index (χ1n) is 8.77. The number of likely N-dealkylation sites (tertiary alicyclic amines) is 1. The van der Waals surface area contributed by atoms with E-state index in [0.717, 1.165) is 0 Å². The monoisotopic (exact) mass is 367 g/mol. The molecule has 0 radical (unpaired) electrons. The fraction of sp³-hybridized carbons (Fsp3) is 0.667. The third-order valence-electron chi connectivity index (χ3n) is 3.90. The Morgan fingerprint density at radius 1 is 1.31 bits per heavy atom. The maximum absolute atomic E-state index is 12.4. The van der Waals surface area contributed by atoms with Crippen molar-refractivity contribution in [3.8, 4) is 0 Å². The minimum atomic E-state index is -0.848. The largest absolute Gasteiger partial charge is 0.460 e. The number of nitrogens with zero attached hydrogens (tertiary/aromatic N) is 1. The summed E-state index contributed by atoms with van der Waals surface area (Å²) in [7, 11) is 0. The van der Waals surface area contributed by atoms with Crippen LogP contribution in [0.2, 0.25) is 0 Å². The lowest BCUT2D eigenvalue weighted by Crippen LogP contribution is -2.52. The first kappa shape index (κ1) is 21.7. The molecule has 3 amide bonds. The molecule has 1 heterocycles. The number of hydrogen-bond donors (Lipinski definition) is 2. The van der Waals surface area contributed by atoms with E-state index in [0.29, 0.717) is 19.4 Å². The van der Waals surface area contributed by atoms with Gasteiger partial charge in [0.25, 0.3) is 0 Å². The van der Waals surface area contributed by atoms with E-state index < -0.39 is 35.5 Å². The molecule has 2 atom stereocenters. The second kappa shape index (κ2) is 9.35. The van der Waals surface area contributed by atoms with Crippen LogP contribution in [0.1, 0.15) is 52.9 Å². The summed E-state index contributed by atoms with van der Waals surface area (Å²) in [6.07, 6.45) is 2.84. The molecule has 0 bridgehead atoms. The Bertz CT molecular complexity index is 568. The molecule has 0 aromatic carbocycles. The average Bonchev–Trinajstić information content (AvgIpc) is 3.00. The second-order valence-corrected chi connectivity index (χ2v) is 7.32. The molecule has 0 spiro atoms. The van der Waals surface area contributed by atoms with Crippen molar-refractivity contribution in [3.63, 3.8) is 0 Å². The number of hydrogen-bond acceptors (Lipinski definition) is 5. The van der Waals surface area contributed by atoms with Gasteiger partial charge in [0, 0.05) is 13.0 Å². The van der Waals surface area contributed by atoms with Crippen LogP contribution in [0, 0.1) is 0 Å². The van der Waals surface area contributed by atoms with Crippen molar-refractivity contribution < 1.29 is 23.9 Å². The van der Waals surface area contributed by atoms with E-state index in [1.165, 1.54) is 11.0 Å². The number of nitrogens with one attached hydrogen (secondary N) is 1. The molecule has 3 N–H and O–H groups in total. The first-order chi connectivity index (χ1) is 12.0. The molecule has 26 heavy (non-hydrogen) atoms. The van der Waals surface area contributed by atoms with E-state index in [1.807, 2.05) is 0 Å². The maximum Gasteiger partial charge on any atom is 0.306 e. The van der Waals surface area contributed by atoms with E-state index in [1.54, 1.807) is 20.8 Å². The molecule has 0 saturated carbocycles. The van der Waals surface area contributed by atoms with Gasteiger partial charge in [0.1, 0.15) is 17.7 Å². The van der Waals surface area contributed by atoms with E-state index in [4.69, 9.17) is 10.5 Å². The van der Waals surface area contributed by atoms with E-state index in [-0.39, 0.29) is 25.2 Å². The van der Waals surface area contributed by atoms with Crippen LogP contribution in [-0.4, -0.2) is 52.8 Å². The Balaban J connectivity index is 2.61. The summed E-state index contributed by atoms with van der Waals surface area (Å²) in [5, 5.41) is 2.57. The molecule has 1 aliphatic heterocycles.